The molecule has 27 heavy (non-hydrogen) atoms. The van der Waals surface area contributed by atoms with Crippen LogP contribution in [-0.2, 0) is 6.54 Å². The number of aromatic nitrogens is 2. The number of rotatable bonds is 6. The lowest BCUT2D eigenvalue weighted by Gasteiger charge is -2.32. The maximum Gasteiger partial charge on any atom is 0.237 e. The molecule has 0 saturated carbocycles. The summed E-state index contributed by atoms with van der Waals surface area (Å²) in [6, 6.07) is 7.02. The van der Waals surface area contributed by atoms with Crippen molar-refractivity contribution >= 4 is 11.8 Å². The van der Waals surface area contributed by atoms with Gasteiger partial charge in [-0.2, -0.15) is 0 Å². The molecule has 0 bridgehead atoms. The lowest BCUT2D eigenvalue weighted by atomic mass is 9.99. The molecule has 0 atom stereocenters. The van der Waals surface area contributed by atoms with E-state index in [0.717, 1.165) is 48.8 Å². The number of ether oxygens (including phenoxy) is 1. The third-order valence-corrected chi connectivity index (χ3v) is 5.81. The lowest BCUT2D eigenvalue weighted by Crippen LogP contribution is -2.34. The van der Waals surface area contributed by atoms with Crippen molar-refractivity contribution in [2.75, 3.05) is 18.8 Å². The summed E-state index contributed by atoms with van der Waals surface area (Å²) in [4.78, 5) is 12.0. The van der Waals surface area contributed by atoms with Gasteiger partial charge in [0.2, 0.25) is 5.88 Å². The van der Waals surface area contributed by atoms with Crippen LogP contribution in [0, 0.1) is 11.7 Å². The van der Waals surface area contributed by atoms with Gasteiger partial charge in [-0.25, -0.2) is 9.37 Å². The third-order valence-electron chi connectivity index (χ3n) is 4.53. The highest BCUT2D eigenvalue weighted by Gasteiger charge is 2.23. The van der Waals surface area contributed by atoms with Gasteiger partial charge in [-0.15, -0.1) is 11.8 Å². The Hall–Kier alpha value is -1.66. The van der Waals surface area contributed by atoms with Crippen molar-refractivity contribution in [3.05, 3.63) is 48.2 Å². The molecule has 2 aromatic rings. The molecule has 146 valence electrons. The van der Waals surface area contributed by atoms with E-state index in [2.05, 4.69) is 14.9 Å². The molecule has 0 aliphatic carbocycles. The smallest absolute Gasteiger partial charge is 0.237 e. The second-order valence-corrected chi connectivity index (χ2v) is 9.05. The number of benzene rings is 1. The summed E-state index contributed by atoms with van der Waals surface area (Å²) in [6.07, 6.45) is 5.65. The summed E-state index contributed by atoms with van der Waals surface area (Å²) < 4.78 is 19.7. The molecule has 1 aliphatic heterocycles. The molecule has 1 aromatic heterocycles. The molecule has 1 aromatic carbocycles. The zero-order chi connectivity index (χ0) is 19.3. The van der Waals surface area contributed by atoms with Gasteiger partial charge in [-0.05, 0) is 64.8 Å². The minimum absolute atomic E-state index is 0.117. The fourth-order valence-electron chi connectivity index (χ4n) is 3.13. The first-order chi connectivity index (χ1) is 12.9. The van der Waals surface area contributed by atoms with E-state index in [1.165, 1.54) is 6.07 Å². The predicted octanol–water partition coefficient (Wildman–Crippen LogP) is 4.80. The number of likely N-dealkylation sites (tertiary alicyclic amines) is 1. The molecule has 2 heterocycles. The molecule has 4 nitrogen and oxygen atoms in total. The van der Waals surface area contributed by atoms with Crippen molar-refractivity contribution < 1.29 is 9.13 Å². The fraction of sp³-hybridized carbons (Fsp3) is 0.524. The van der Waals surface area contributed by atoms with Crippen LogP contribution in [0.4, 0.5) is 4.39 Å². The van der Waals surface area contributed by atoms with Crippen LogP contribution in [0.25, 0.3) is 0 Å². The lowest BCUT2D eigenvalue weighted by molar-refractivity contribution is 0.117. The molecule has 0 spiro atoms. The average Bonchev–Trinajstić information content (AvgIpc) is 2.63. The summed E-state index contributed by atoms with van der Waals surface area (Å²) in [5.41, 5.74) is 0.605. The molecule has 1 saturated heterocycles. The topological polar surface area (TPSA) is 38.3 Å². The maximum absolute atomic E-state index is 13.7. The summed E-state index contributed by atoms with van der Waals surface area (Å²) in [6.45, 7) is 8.85. The Balaban J connectivity index is 1.49. The minimum Gasteiger partial charge on any atom is -0.471 e. The molecule has 0 N–H and O–H groups in total. The Labute approximate surface area is 165 Å². The van der Waals surface area contributed by atoms with Crippen LogP contribution in [0.5, 0.6) is 5.88 Å². The zero-order valence-electron chi connectivity index (χ0n) is 16.3. The number of hydrogen-bond acceptors (Lipinski definition) is 5. The fourth-order valence-corrected chi connectivity index (χ4v) is 4.26. The Kier molecular flexibility index (Phi) is 6.71. The SMILES string of the molecule is CC(C)(C)Oc1nccnc1CN1CCC(CSc2ccccc2F)CC1. The van der Waals surface area contributed by atoms with Gasteiger partial charge < -0.3 is 4.74 Å². The minimum atomic E-state index is -0.290. The van der Waals surface area contributed by atoms with Gasteiger partial charge in [0.25, 0.3) is 0 Å². The molecule has 0 amide bonds. The Morgan fingerprint density at radius 1 is 1.15 bits per heavy atom. The predicted molar refractivity (Wildman–Crippen MR) is 108 cm³/mol. The normalized spacial score (nSPS) is 16.4. The van der Waals surface area contributed by atoms with Gasteiger partial charge in [0.05, 0.1) is 0 Å². The van der Waals surface area contributed by atoms with Crippen LogP contribution < -0.4 is 4.74 Å². The van der Waals surface area contributed by atoms with Crippen LogP contribution in [-0.4, -0.2) is 39.3 Å². The van der Waals surface area contributed by atoms with Gasteiger partial charge in [-0.3, -0.25) is 9.88 Å². The van der Waals surface area contributed by atoms with Gasteiger partial charge >= 0.3 is 0 Å². The monoisotopic (exact) mass is 389 g/mol. The van der Waals surface area contributed by atoms with E-state index in [-0.39, 0.29) is 11.4 Å². The second-order valence-electron chi connectivity index (χ2n) is 7.98. The molecule has 0 unspecified atom stereocenters. The van der Waals surface area contributed by atoms with Gasteiger partial charge in [0.1, 0.15) is 17.1 Å². The molecule has 3 rings (SSSR count). The quantitative estimate of drug-likeness (QED) is 0.664. The highest BCUT2D eigenvalue weighted by Crippen LogP contribution is 2.29. The highest BCUT2D eigenvalue weighted by molar-refractivity contribution is 7.99. The summed E-state index contributed by atoms with van der Waals surface area (Å²) >= 11 is 1.63. The largest absolute Gasteiger partial charge is 0.471 e. The Morgan fingerprint density at radius 2 is 1.85 bits per heavy atom. The van der Waals surface area contributed by atoms with E-state index in [1.807, 2.05) is 32.9 Å². The number of nitrogens with zero attached hydrogens (tertiary/aromatic N) is 3. The average molecular weight is 390 g/mol. The highest BCUT2D eigenvalue weighted by atomic mass is 32.2. The first-order valence-corrected chi connectivity index (χ1v) is 10.5. The van der Waals surface area contributed by atoms with Crippen LogP contribution >= 0.6 is 11.8 Å². The zero-order valence-corrected chi connectivity index (χ0v) is 17.1. The van der Waals surface area contributed by atoms with Gasteiger partial charge in [-0.1, -0.05) is 12.1 Å². The van der Waals surface area contributed by atoms with Crippen LogP contribution in [0.2, 0.25) is 0 Å². The van der Waals surface area contributed by atoms with Crippen molar-refractivity contribution in [2.45, 2.75) is 50.7 Å². The van der Waals surface area contributed by atoms with Crippen molar-refractivity contribution in [1.29, 1.82) is 0 Å². The van der Waals surface area contributed by atoms with E-state index in [9.17, 15) is 4.39 Å². The first kappa shape index (κ1) is 20.1. The number of hydrogen-bond donors (Lipinski definition) is 0. The molecule has 1 fully saturated rings. The molecule has 0 radical (unpaired) electrons. The number of halogens is 1. The van der Waals surface area contributed by atoms with Crippen molar-refractivity contribution in [3.63, 3.8) is 0 Å². The summed E-state index contributed by atoms with van der Waals surface area (Å²) in [5, 5.41) is 0. The van der Waals surface area contributed by atoms with Gasteiger partial charge in [0.15, 0.2) is 0 Å². The first-order valence-electron chi connectivity index (χ1n) is 9.49. The maximum atomic E-state index is 13.7. The molecular formula is C21H28FN3OS. The Morgan fingerprint density at radius 3 is 2.56 bits per heavy atom. The van der Waals surface area contributed by atoms with Gasteiger partial charge in [0, 0.05) is 29.6 Å². The molecular weight excluding hydrogens is 361 g/mol. The summed E-state index contributed by atoms with van der Waals surface area (Å²) in [7, 11) is 0. The Bertz CT molecular complexity index is 742. The van der Waals surface area contributed by atoms with E-state index < -0.39 is 0 Å². The van der Waals surface area contributed by atoms with Crippen LogP contribution in [0.3, 0.4) is 0 Å². The van der Waals surface area contributed by atoms with Crippen molar-refractivity contribution in [3.8, 4) is 5.88 Å². The standard InChI is InChI=1S/C21H28FN3OS/c1-21(2,3)26-20-18(23-10-11-24-20)14-25-12-8-16(9-13-25)15-27-19-7-5-4-6-17(19)22/h4-7,10-11,16H,8-9,12-15H2,1-3H3. The second kappa shape index (κ2) is 9.02. The van der Waals surface area contributed by atoms with Crippen LogP contribution in [0.1, 0.15) is 39.3 Å². The van der Waals surface area contributed by atoms with Crippen LogP contribution in [0.15, 0.2) is 41.6 Å². The third kappa shape index (κ3) is 6.18. The molecule has 6 heteroatoms. The number of piperidine rings is 1. The van der Waals surface area contributed by atoms with E-state index in [4.69, 9.17) is 4.74 Å². The van der Waals surface area contributed by atoms with E-state index >= 15 is 0 Å². The summed E-state index contributed by atoms with van der Waals surface area (Å²) in [5.74, 6) is 2.10. The van der Waals surface area contributed by atoms with Crippen molar-refractivity contribution in [2.24, 2.45) is 5.92 Å². The molecule has 1 aliphatic rings. The van der Waals surface area contributed by atoms with E-state index in [0.29, 0.717) is 11.8 Å². The number of thioether (sulfide) groups is 1. The van der Waals surface area contributed by atoms with E-state index in [1.54, 1.807) is 30.2 Å². The van der Waals surface area contributed by atoms with Crippen molar-refractivity contribution in [1.82, 2.24) is 14.9 Å².